The van der Waals surface area contributed by atoms with Gasteiger partial charge in [0.1, 0.15) is 0 Å². The fraction of sp³-hybridized carbons (Fsp3) is 0.467. The molecule has 3 rings (SSSR count). The topological polar surface area (TPSA) is 92.8 Å². The van der Waals surface area contributed by atoms with E-state index in [0.29, 0.717) is 42.8 Å². The summed E-state index contributed by atoms with van der Waals surface area (Å²) in [6, 6.07) is 4.84. The molecule has 8 nitrogen and oxygen atoms in total. The third kappa shape index (κ3) is 2.84. The van der Waals surface area contributed by atoms with Gasteiger partial charge in [-0.2, -0.15) is 4.31 Å². The number of carbonyl (C=O) groups is 1. The Balaban J connectivity index is 1.78. The average Bonchev–Trinajstić information content (AvgIpc) is 2.88. The Morgan fingerprint density at radius 1 is 1.21 bits per heavy atom. The molecule has 24 heavy (non-hydrogen) atoms. The molecule has 0 radical (unpaired) electrons. The summed E-state index contributed by atoms with van der Waals surface area (Å²) in [5.41, 5.74) is 1.43. The van der Waals surface area contributed by atoms with E-state index in [2.05, 4.69) is 0 Å². The van der Waals surface area contributed by atoms with Crippen molar-refractivity contribution in [3.63, 3.8) is 0 Å². The Morgan fingerprint density at radius 2 is 1.88 bits per heavy atom. The standard InChI is InChI=1S/C15H19N3O5S/c1-3-24(21,22)18-8-6-17(7-9-18)14(19)11-4-5-13-12(10-11)16(2)15(20)23-13/h4-5,10H,3,6-9H2,1-2H3. The fourth-order valence-electron chi connectivity index (χ4n) is 2.79. The molecule has 1 amide bonds. The number of carbonyl (C=O) groups excluding carboxylic acids is 1. The van der Waals surface area contributed by atoms with Gasteiger partial charge in [0.05, 0.1) is 11.3 Å². The van der Waals surface area contributed by atoms with Crippen LogP contribution in [0, 0.1) is 0 Å². The van der Waals surface area contributed by atoms with E-state index in [4.69, 9.17) is 4.42 Å². The maximum absolute atomic E-state index is 12.6. The quantitative estimate of drug-likeness (QED) is 0.788. The summed E-state index contributed by atoms with van der Waals surface area (Å²) >= 11 is 0. The second kappa shape index (κ2) is 6.06. The highest BCUT2D eigenvalue weighted by atomic mass is 32.2. The van der Waals surface area contributed by atoms with Gasteiger partial charge in [-0.15, -0.1) is 0 Å². The zero-order chi connectivity index (χ0) is 17.5. The molecule has 1 saturated heterocycles. The van der Waals surface area contributed by atoms with Crippen molar-refractivity contribution in [1.82, 2.24) is 13.8 Å². The van der Waals surface area contributed by atoms with Crippen molar-refractivity contribution in [1.29, 1.82) is 0 Å². The number of piperazine rings is 1. The Morgan fingerprint density at radius 3 is 2.50 bits per heavy atom. The van der Waals surface area contributed by atoms with Crippen LogP contribution in [0.5, 0.6) is 0 Å². The van der Waals surface area contributed by atoms with Crippen molar-refractivity contribution >= 4 is 27.0 Å². The SMILES string of the molecule is CCS(=O)(=O)N1CCN(C(=O)c2ccc3oc(=O)n(C)c3c2)CC1. The first-order chi connectivity index (χ1) is 11.3. The molecule has 1 aromatic heterocycles. The van der Waals surface area contributed by atoms with Gasteiger partial charge in [0.15, 0.2) is 5.58 Å². The van der Waals surface area contributed by atoms with Crippen molar-refractivity contribution in [2.24, 2.45) is 7.05 Å². The largest absolute Gasteiger partial charge is 0.419 e. The third-order valence-corrected chi connectivity index (χ3v) is 6.20. The van der Waals surface area contributed by atoms with Gasteiger partial charge in [-0.1, -0.05) is 0 Å². The van der Waals surface area contributed by atoms with Crippen LogP contribution < -0.4 is 5.76 Å². The zero-order valence-electron chi connectivity index (χ0n) is 13.6. The molecule has 130 valence electrons. The van der Waals surface area contributed by atoms with Gasteiger partial charge in [-0.3, -0.25) is 9.36 Å². The Bertz CT molecular complexity index is 936. The zero-order valence-corrected chi connectivity index (χ0v) is 14.4. The van der Waals surface area contributed by atoms with Crippen LogP contribution in [0.25, 0.3) is 11.1 Å². The molecule has 1 aromatic carbocycles. The van der Waals surface area contributed by atoms with Crippen LogP contribution in [0.4, 0.5) is 0 Å². The number of rotatable bonds is 3. The predicted molar refractivity (Wildman–Crippen MR) is 88.4 cm³/mol. The molecule has 1 aliphatic heterocycles. The number of amides is 1. The number of sulfonamides is 1. The van der Waals surface area contributed by atoms with Gasteiger partial charge in [-0.05, 0) is 25.1 Å². The van der Waals surface area contributed by atoms with Crippen LogP contribution >= 0.6 is 0 Å². The minimum Gasteiger partial charge on any atom is -0.408 e. The maximum Gasteiger partial charge on any atom is 0.419 e. The lowest BCUT2D eigenvalue weighted by Gasteiger charge is -2.33. The molecular formula is C15H19N3O5S. The van der Waals surface area contributed by atoms with Crippen molar-refractivity contribution in [2.75, 3.05) is 31.9 Å². The van der Waals surface area contributed by atoms with Crippen LogP contribution in [-0.4, -0.2) is 60.0 Å². The summed E-state index contributed by atoms with van der Waals surface area (Å²) in [6.07, 6.45) is 0. The molecule has 0 N–H and O–H groups in total. The number of nitrogens with zero attached hydrogens (tertiary/aromatic N) is 3. The molecule has 0 unspecified atom stereocenters. The lowest BCUT2D eigenvalue weighted by Crippen LogP contribution is -2.50. The van der Waals surface area contributed by atoms with Crippen LogP contribution in [0.1, 0.15) is 17.3 Å². The number of benzene rings is 1. The van der Waals surface area contributed by atoms with E-state index < -0.39 is 15.8 Å². The summed E-state index contributed by atoms with van der Waals surface area (Å²) in [6.45, 7) is 2.90. The van der Waals surface area contributed by atoms with Crippen molar-refractivity contribution < 1.29 is 17.6 Å². The minimum atomic E-state index is -3.22. The minimum absolute atomic E-state index is 0.0616. The molecule has 2 aromatic rings. The molecule has 1 aliphatic rings. The highest BCUT2D eigenvalue weighted by Crippen LogP contribution is 2.17. The Kier molecular flexibility index (Phi) is 4.22. The second-order valence-corrected chi connectivity index (χ2v) is 7.96. The summed E-state index contributed by atoms with van der Waals surface area (Å²) in [7, 11) is -1.64. The molecule has 0 atom stereocenters. The summed E-state index contributed by atoms with van der Waals surface area (Å²) in [4.78, 5) is 25.8. The first-order valence-electron chi connectivity index (χ1n) is 7.70. The van der Waals surface area contributed by atoms with Crippen LogP contribution in [0.15, 0.2) is 27.4 Å². The number of hydrogen-bond donors (Lipinski definition) is 0. The number of oxazole rings is 1. The molecule has 2 heterocycles. The van der Waals surface area contributed by atoms with Crippen molar-refractivity contribution in [3.05, 3.63) is 34.3 Å². The second-order valence-electron chi connectivity index (χ2n) is 5.70. The van der Waals surface area contributed by atoms with Crippen molar-refractivity contribution in [2.45, 2.75) is 6.92 Å². The Hall–Kier alpha value is -2.13. The van der Waals surface area contributed by atoms with Gasteiger partial charge < -0.3 is 9.32 Å². The normalized spacial score (nSPS) is 16.7. The van der Waals surface area contributed by atoms with Gasteiger partial charge in [-0.25, -0.2) is 13.2 Å². The predicted octanol–water partition coefficient (Wildman–Crippen LogP) is 0.239. The van der Waals surface area contributed by atoms with E-state index in [-0.39, 0.29) is 11.7 Å². The third-order valence-electron chi connectivity index (χ3n) is 4.32. The van der Waals surface area contributed by atoms with E-state index in [1.54, 1.807) is 37.1 Å². The number of aromatic nitrogens is 1. The fourth-order valence-corrected chi connectivity index (χ4v) is 3.88. The van der Waals surface area contributed by atoms with E-state index in [1.807, 2.05) is 0 Å². The van der Waals surface area contributed by atoms with Crippen LogP contribution in [-0.2, 0) is 17.1 Å². The van der Waals surface area contributed by atoms with Gasteiger partial charge in [0.25, 0.3) is 5.91 Å². The number of aryl methyl sites for hydroxylation is 1. The first-order valence-corrected chi connectivity index (χ1v) is 9.31. The molecule has 9 heteroatoms. The smallest absolute Gasteiger partial charge is 0.408 e. The maximum atomic E-state index is 12.6. The monoisotopic (exact) mass is 353 g/mol. The molecule has 0 bridgehead atoms. The van der Waals surface area contributed by atoms with E-state index in [0.717, 1.165) is 0 Å². The highest BCUT2D eigenvalue weighted by molar-refractivity contribution is 7.89. The lowest BCUT2D eigenvalue weighted by atomic mass is 10.1. The summed E-state index contributed by atoms with van der Waals surface area (Å²) in [5.74, 6) is -0.598. The molecule has 0 spiro atoms. The van der Waals surface area contributed by atoms with E-state index >= 15 is 0 Å². The Labute approximate surface area is 139 Å². The van der Waals surface area contributed by atoms with Gasteiger partial charge in [0.2, 0.25) is 10.0 Å². The average molecular weight is 353 g/mol. The van der Waals surface area contributed by atoms with Gasteiger partial charge >= 0.3 is 5.76 Å². The van der Waals surface area contributed by atoms with E-state index in [9.17, 15) is 18.0 Å². The molecule has 0 aliphatic carbocycles. The van der Waals surface area contributed by atoms with E-state index in [1.165, 1.54) is 8.87 Å². The molecule has 0 saturated carbocycles. The first kappa shape index (κ1) is 16.7. The number of hydrogen-bond acceptors (Lipinski definition) is 5. The summed E-state index contributed by atoms with van der Waals surface area (Å²) in [5, 5.41) is 0. The van der Waals surface area contributed by atoms with Crippen molar-refractivity contribution in [3.8, 4) is 0 Å². The van der Waals surface area contributed by atoms with Crippen LogP contribution in [0.2, 0.25) is 0 Å². The highest BCUT2D eigenvalue weighted by Gasteiger charge is 2.28. The summed E-state index contributed by atoms with van der Waals surface area (Å²) < 4.78 is 31.5. The van der Waals surface area contributed by atoms with Crippen LogP contribution in [0.3, 0.4) is 0 Å². The molecular weight excluding hydrogens is 334 g/mol. The lowest BCUT2D eigenvalue weighted by molar-refractivity contribution is 0.0698. The molecule has 1 fully saturated rings. The van der Waals surface area contributed by atoms with Gasteiger partial charge in [0, 0.05) is 38.8 Å². The number of fused-ring (bicyclic) bond motifs is 1.